The van der Waals surface area contributed by atoms with Crippen LogP contribution in [-0.4, -0.2) is 17.3 Å². The summed E-state index contributed by atoms with van der Waals surface area (Å²) in [7, 11) is 0. The van der Waals surface area contributed by atoms with Gasteiger partial charge in [-0.15, -0.1) is 0 Å². The van der Waals surface area contributed by atoms with Gasteiger partial charge in [0.2, 0.25) is 0 Å². The molecule has 0 unspecified atom stereocenters. The number of aliphatic hydroxyl groups is 1. The molecule has 0 bridgehead atoms. The highest BCUT2D eigenvalue weighted by atomic mass is 16.3. The fourth-order valence-electron chi connectivity index (χ4n) is 2.84. The molecule has 3 N–H and O–H groups in total. The topological polar surface area (TPSA) is 46.2 Å². The van der Waals surface area contributed by atoms with Gasteiger partial charge in [-0.1, -0.05) is 52.0 Å². The third kappa shape index (κ3) is 4.60. The van der Waals surface area contributed by atoms with E-state index in [4.69, 9.17) is 5.73 Å². The summed E-state index contributed by atoms with van der Waals surface area (Å²) in [6, 6.07) is 8.70. The monoisotopic (exact) mass is 277 g/mol. The second kappa shape index (κ2) is 7.80. The molecular formula is C18H31NO. The Morgan fingerprint density at radius 3 is 2.10 bits per heavy atom. The van der Waals surface area contributed by atoms with Crippen molar-refractivity contribution in [2.24, 2.45) is 17.6 Å². The van der Waals surface area contributed by atoms with Crippen LogP contribution in [0.1, 0.15) is 51.7 Å². The van der Waals surface area contributed by atoms with Crippen LogP contribution in [0.15, 0.2) is 24.3 Å². The lowest BCUT2D eigenvalue weighted by molar-refractivity contribution is -0.0534. The third-order valence-corrected chi connectivity index (χ3v) is 4.47. The van der Waals surface area contributed by atoms with Crippen LogP contribution in [0.25, 0.3) is 0 Å². The molecule has 0 saturated heterocycles. The van der Waals surface area contributed by atoms with Crippen molar-refractivity contribution in [1.29, 1.82) is 0 Å². The zero-order chi connectivity index (χ0) is 15.2. The standard InChI is InChI=1S/C18H31NO/c1-14(2)18(20,15(3)4)11-10-17-8-5-7-16(13-17)9-6-12-19/h5,7-8,13-15,20H,6,9-12,19H2,1-4H3. The smallest absolute Gasteiger partial charge is 0.0696 e. The van der Waals surface area contributed by atoms with Crippen molar-refractivity contribution in [3.05, 3.63) is 35.4 Å². The van der Waals surface area contributed by atoms with Crippen LogP contribution < -0.4 is 5.73 Å². The normalized spacial score (nSPS) is 12.4. The van der Waals surface area contributed by atoms with Crippen molar-refractivity contribution in [2.45, 2.75) is 59.0 Å². The molecule has 0 spiro atoms. The summed E-state index contributed by atoms with van der Waals surface area (Å²) in [5.74, 6) is 0.561. The molecule has 0 aliphatic heterocycles. The summed E-state index contributed by atoms with van der Waals surface area (Å²) >= 11 is 0. The Morgan fingerprint density at radius 1 is 1.05 bits per heavy atom. The Morgan fingerprint density at radius 2 is 1.60 bits per heavy atom. The third-order valence-electron chi connectivity index (χ3n) is 4.47. The second-order valence-corrected chi connectivity index (χ2v) is 6.51. The first-order valence-electron chi connectivity index (χ1n) is 7.90. The summed E-state index contributed by atoms with van der Waals surface area (Å²) in [4.78, 5) is 0. The highest BCUT2D eigenvalue weighted by molar-refractivity contribution is 5.24. The van der Waals surface area contributed by atoms with E-state index in [1.807, 2.05) is 0 Å². The average molecular weight is 277 g/mol. The Bertz CT molecular complexity index is 390. The lowest BCUT2D eigenvalue weighted by Crippen LogP contribution is -2.41. The van der Waals surface area contributed by atoms with Gasteiger partial charge in [-0.05, 0) is 55.2 Å². The highest BCUT2D eigenvalue weighted by Crippen LogP contribution is 2.31. The molecule has 2 heteroatoms. The average Bonchev–Trinajstić information content (AvgIpc) is 2.42. The number of rotatable bonds is 8. The van der Waals surface area contributed by atoms with Gasteiger partial charge in [0.1, 0.15) is 0 Å². The maximum Gasteiger partial charge on any atom is 0.0696 e. The summed E-state index contributed by atoms with van der Waals surface area (Å²) < 4.78 is 0. The van der Waals surface area contributed by atoms with Crippen molar-refractivity contribution in [3.8, 4) is 0 Å². The molecule has 0 atom stereocenters. The highest BCUT2D eigenvalue weighted by Gasteiger charge is 2.33. The lowest BCUT2D eigenvalue weighted by atomic mass is 9.76. The lowest BCUT2D eigenvalue weighted by Gasteiger charge is -2.36. The van der Waals surface area contributed by atoms with E-state index < -0.39 is 5.60 Å². The molecule has 20 heavy (non-hydrogen) atoms. The van der Waals surface area contributed by atoms with Crippen LogP contribution in [0.3, 0.4) is 0 Å². The molecule has 0 heterocycles. The first kappa shape index (κ1) is 17.2. The molecule has 0 radical (unpaired) electrons. The summed E-state index contributed by atoms with van der Waals surface area (Å²) in [5, 5.41) is 10.8. The fourth-order valence-corrected chi connectivity index (χ4v) is 2.84. The number of hydrogen-bond acceptors (Lipinski definition) is 2. The summed E-state index contributed by atoms with van der Waals surface area (Å²) in [6.07, 6.45) is 3.83. The van der Waals surface area contributed by atoms with E-state index in [0.717, 1.165) is 32.2 Å². The zero-order valence-electron chi connectivity index (χ0n) is 13.5. The van der Waals surface area contributed by atoms with Crippen LogP contribution in [0.4, 0.5) is 0 Å². The van der Waals surface area contributed by atoms with Gasteiger partial charge in [0.05, 0.1) is 5.60 Å². The minimum absolute atomic E-state index is 0.280. The first-order valence-corrected chi connectivity index (χ1v) is 7.90. The number of aryl methyl sites for hydroxylation is 2. The van der Waals surface area contributed by atoms with Crippen molar-refractivity contribution < 1.29 is 5.11 Å². The molecule has 1 aromatic carbocycles. The number of benzene rings is 1. The van der Waals surface area contributed by atoms with Gasteiger partial charge < -0.3 is 10.8 Å². The molecule has 2 nitrogen and oxygen atoms in total. The zero-order valence-corrected chi connectivity index (χ0v) is 13.5. The van der Waals surface area contributed by atoms with Crippen LogP contribution in [0.5, 0.6) is 0 Å². The van der Waals surface area contributed by atoms with Crippen molar-refractivity contribution in [2.75, 3.05) is 6.54 Å². The second-order valence-electron chi connectivity index (χ2n) is 6.51. The molecule has 0 amide bonds. The van der Waals surface area contributed by atoms with E-state index >= 15 is 0 Å². The Balaban J connectivity index is 2.69. The minimum atomic E-state index is -0.576. The van der Waals surface area contributed by atoms with E-state index in [9.17, 15) is 5.11 Å². The molecular weight excluding hydrogens is 246 g/mol. The van der Waals surface area contributed by atoms with Gasteiger partial charge in [0.15, 0.2) is 0 Å². The Kier molecular flexibility index (Phi) is 6.70. The molecule has 0 saturated carbocycles. The van der Waals surface area contributed by atoms with E-state index in [1.54, 1.807) is 0 Å². The number of hydrogen-bond donors (Lipinski definition) is 2. The maximum atomic E-state index is 10.8. The predicted octanol–water partition coefficient (Wildman–Crippen LogP) is 3.55. The summed E-state index contributed by atoms with van der Waals surface area (Å²) in [6.45, 7) is 9.18. The molecule has 1 aromatic rings. The molecule has 0 aliphatic rings. The number of nitrogens with two attached hydrogens (primary N) is 1. The minimum Gasteiger partial charge on any atom is -0.389 e. The summed E-state index contributed by atoms with van der Waals surface area (Å²) in [5.41, 5.74) is 7.66. The molecule has 1 rings (SSSR count). The Hall–Kier alpha value is -0.860. The fraction of sp³-hybridized carbons (Fsp3) is 0.667. The van der Waals surface area contributed by atoms with Gasteiger partial charge in [-0.2, -0.15) is 0 Å². The van der Waals surface area contributed by atoms with Crippen molar-refractivity contribution >= 4 is 0 Å². The van der Waals surface area contributed by atoms with Gasteiger partial charge in [0.25, 0.3) is 0 Å². The van der Waals surface area contributed by atoms with Crippen molar-refractivity contribution in [1.82, 2.24) is 0 Å². The van der Waals surface area contributed by atoms with E-state index in [1.165, 1.54) is 11.1 Å². The molecule has 114 valence electrons. The molecule has 0 fully saturated rings. The van der Waals surface area contributed by atoms with Crippen LogP contribution in [0.2, 0.25) is 0 Å². The van der Waals surface area contributed by atoms with Gasteiger partial charge in [-0.3, -0.25) is 0 Å². The van der Waals surface area contributed by atoms with E-state index in [-0.39, 0.29) is 11.8 Å². The van der Waals surface area contributed by atoms with E-state index in [2.05, 4.69) is 52.0 Å². The largest absolute Gasteiger partial charge is 0.389 e. The molecule has 0 aliphatic carbocycles. The maximum absolute atomic E-state index is 10.8. The van der Waals surface area contributed by atoms with Crippen LogP contribution >= 0.6 is 0 Å². The Labute approximate surface area is 124 Å². The van der Waals surface area contributed by atoms with Crippen LogP contribution in [0, 0.1) is 11.8 Å². The van der Waals surface area contributed by atoms with Gasteiger partial charge >= 0.3 is 0 Å². The SMILES string of the molecule is CC(C)C(O)(CCc1cccc(CCCN)c1)C(C)C. The molecule has 0 aromatic heterocycles. The first-order chi connectivity index (χ1) is 9.40. The van der Waals surface area contributed by atoms with Crippen molar-refractivity contribution in [3.63, 3.8) is 0 Å². The predicted molar refractivity (Wildman–Crippen MR) is 86.8 cm³/mol. The van der Waals surface area contributed by atoms with E-state index in [0.29, 0.717) is 0 Å². The van der Waals surface area contributed by atoms with Gasteiger partial charge in [0, 0.05) is 0 Å². The van der Waals surface area contributed by atoms with Gasteiger partial charge in [-0.25, -0.2) is 0 Å². The van der Waals surface area contributed by atoms with Crippen LogP contribution in [-0.2, 0) is 12.8 Å². The quantitative estimate of drug-likeness (QED) is 0.763.